The maximum Gasteiger partial charge on any atom is 0.410 e. The Kier molecular flexibility index (Phi) is 7.21. The van der Waals surface area contributed by atoms with Gasteiger partial charge < -0.3 is 19.9 Å². The van der Waals surface area contributed by atoms with Crippen LogP contribution in [-0.4, -0.2) is 54.2 Å². The molecular formula is C25H33N3O3. The second kappa shape index (κ2) is 9.86. The molecule has 6 nitrogen and oxygen atoms in total. The number of hydrogen-bond donors (Lipinski definition) is 1. The lowest BCUT2D eigenvalue weighted by Gasteiger charge is -2.35. The Balaban J connectivity index is 1.53. The number of amides is 3. The molecule has 2 aromatic carbocycles. The third-order valence-corrected chi connectivity index (χ3v) is 5.29. The maximum atomic E-state index is 12.8. The Hall–Kier alpha value is -3.02. The van der Waals surface area contributed by atoms with Crippen molar-refractivity contribution in [2.75, 3.05) is 32.0 Å². The Morgan fingerprint density at radius 1 is 1.06 bits per heavy atom. The summed E-state index contributed by atoms with van der Waals surface area (Å²) in [5.74, 6) is 0.234. The van der Waals surface area contributed by atoms with Crippen molar-refractivity contribution < 1.29 is 14.3 Å². The molecule has 0 aliphatic carbocycles. The third kappa shape index (κ3) is 6.74. The van der Waals surface area contributed by atoms with Crippen LogP contribution in [0.1, 0.15) is 33.6 Å². The van der Waals surface area contributed by atoms with Crippen LogP contribution in [0.3, 0.4) is 0 Å². The van der Waals surface area contributed by atoms with Crippen LogP contribution in [0, 0.1) is 5.92 Å². The van der Waals surface area contributed by atoms with Crippen molar-refractivity contribution in [3.05, 3.63) is 54.6 Å². The molecule has 3 rings (SSSR count). The molecule has 3 amide bonds. The third-order valence-electron chi connectivity index (χ3n) is 5.29. The highest BCUT2D eigenvalue weighted by molar-refractivity contribution is 5.89. The summed E-state index contributed by atoms with van der Waals surface area (Å²) in [4.78, 5) is 28.5. The zero-order valence-electron chi connectivity index (χ0n) is 18.9. The van der Waals surface area contributed by atoms with Crippen molar-refractivity contribution in [3.63, 3.8) is 0 Å². The summed E-state index contributed by atoms with van der Waals surface area (Å²) in [6.07, 6.45) is 1.59. The number of nitrogens with zero attached hydrogens (tertiary/aromatic N) is 2. The van der Waals surface area contributed by atoms with Gasteiger partial charge in [0.25, 0.3) is 0 Å². The van der Waals surface area contributed by atoms with Gasteiger partial charge in [-0.25, -0.2) is 9.59 Å². The Bertz CT molecular complexity index is 875. The quantitative estimate of drug-likeness (QED) is 0.710. The van der Waals surface area contributed by atoms with Gasteiger partial charge in [0, 0.05) is 32.4 Å². The molecule has 1 heterocycles. The SMILES string of the molecule is CN(CC1CCCN(C(=O)Nc2ccc(-c3ccccc3)cc2)C1)C(=O)OC(C)(C)C. The number of carbonyl (C=O) groups excluding carboxylic acids is 2. The monoisotopic (exact) mass is 423 g/mol. The molecule has 1 aliphatic heterocycles. The number of rotatable bonds is 4. The van der Waals surface area contributed by atoms with Crippen molar-refractivity contribution in [1.29, 1.82) is 0 Å². The first-order valence-electron chi connectivity index (χ1n) is 10.9. The van der Waals surface area contributed by atoms with Crippen LogP contribution in [0.2, 0.25) is 0 Å². The van der Waals surface area contributed by atoms with E-state index in [1.807, 2.05) is 68.1 Å². The molecule has 1 fully saturated rings. The Labute approximate surface area is 185 Å². The van der Waals surface area contributed by atoms with Gasteiger partial charge in [-0.3, -0.25) is 0 Å². The molecule has 1 saturated heterocycles. The van der Waals surface area contributed by atoms with Gasteiger partial charge in [0.15, 0.2) is 0 Å². The number of benzene rings is 2. The van der Waals surface area contributed by atoms with E-state index in [1.165, 1.54) is 0 Å². The minimum atomic E-state index is -0.514. The van der Waals surface area contributed by atoms with Gasteiger partial charge in [-0.2, -0.15) is 0 Å². The molecule has 1 unspecified atom stereocenters. The zero-order chi connectivity index (χ0) is 22.4. The molecular weight excluding hydrogens is 390 g/mol. The van der Waals surface area contributed by atoms with E-state index in [-0.39, 0.29) is 18.0 Å². The predicted molar refractivity (Wildman–Crippen MR) is 124 cm³/mol. The van der Waals surface area contributed by atoms with Crippen LogP contribution in [0.5, 0.6) is 0 Å². The van der Waals surface area contributed by atoms with Crippen molar-refractivity contribution in [2.45, 2.75) is 39.2 Å². The Morgan fingerprint density at radius 2 is 1.71 bits per heavy atom. The summed E-state index contributed by atoms with van der Waals surface area (Å²) in [6.45, 7) is 7.50. The van der Waals surface area contributed by atoms with Crippen LogP contribution in [-0.2, 0) is 4.74 Å². The molecule has 0 saturated carbocycles. The average molecular weight is 424 g/mol. The van der Waals surface area contributed by atoms with Crippen LogP contribution < -0.4 is 5.32 Å². The fourth-order valence-electron chi connectivity index (χ4n) is 3.78. The van der Waals surface area contributed by atoms with Gasteiger partial charge in [-0.05, 0) is 62.8 Å². The highest BCUT2D eigenvalue weighted by Gasteiger charge is 2.27. The average Bonchev–Trinajstić information content (AvgIpc) is 2.74. The van der Waals surface area contributed by atoms with Crippen LogP contribution in [0.4, 0.5) is 15.3 Å². The maximum absolute atomic E-state index is 12.8. The van der Waals surface area contributed by atoms with Crippen LogP contribution >= 0.6 is 0 Å². The predicted octanol–water partition coefficient (Wildman–Crippen LogP) is 5.46. The molecule has 166 valence electrons. The first kappa shape index (κ1) is 22.7. The topological polar surface area (TPSA) is 61.9 Å². The highest BCUT2D eigenvalue weighted by Crippen LogP contribution is 2.23. The zero-order valence-corrected chi connectivity index (χ0v) is 18.9. The molecule has 1 atom stereocenters. The lowest BCUT2D eigenvalue weighted by Crippen LogP contribution is -2.46. The fraction of sp³-hybridized carbons (Fsp3) is 0.440. The normalized spacial score (nSPS) is 16.5. The van der Waals surface area contributed by atoms with Crippen molar-refractivity contribution in [1.82, 2.24) is 9.80 Å². The molecule has 0 radical (unpaired) electrons. The summed E-state index contributed by atoms with van der Waals surface area (Å²) in [6, 6.07) is 17.9. The van der Waals surface area contributed by atoms with E-state index < -0.39 is 5.60 Å². The van der Waals surface area contributed by atoms with Gasteiger partial charge in [0.1, 0.15) is 5.60 Å². The summed E-state index contributed by atoms with van der Waals surface area (Å²) >= 11 is 0. The molecule has 1 aliphatic rings. The van der Waals surface area contributed by atoms with E-state index in [1.54, 1.807) is 11.9 Å². The molecule has 6 heteroatoms. The number of hydrogen-bond acceptors (Lipinski definition) is 3. The minimum absolute atomic E-state index is 0.0999. The highest BCUT2D eigenvalue weighted by atomic mass is 16.6. The smallest absolute Gasteiger partial charge is 0.410 e. The molecule has 0 bridgehead atoms. The number of likely N-dealkylation sites (tertiary alicyclic amines) is 1. The second-order valence-electron chi connectivity index (χ2n) is 9.19. The standard InChI is InChI=1S/C25H33N3O3/c1-25(2,3)31-24(30)27(4)17-19-9-8-16-28(18-19)23(29)26-22-14-12-21(13-15-22)20-10-6-5-7-11-20/h5-7,10-15,19H,8-9,16-18H2,1-4H3,(H,26,29). The largest absolute Gasteiger partial charge is 0.444 e. The van der Waals surface area contributed by atoms with E-state index in [2.05, 4.69) is 17.4 Å². The van der Waals surface area contributed by atoms with Gasteiger partial charge in [0.05, 0.1) is 0 Å². The lowest BCUT2D eigenvalue weighted by molar-refractivity contribution is 0.0253. The van der Waals surface area contributed by atoms with Crippen molar-refractivity contribution in [2.24, 2.45) is 5.92 Å². The summed E-state index contributed by atoms with van der Waals surface area (Å²) in [5, 5.41) is 3.00. The number of urea groups is 1. The molecule has 31 heavy (non-hydrogen) atoms. The minimum Gasteiger partial charge on any atom is -0.444 e. The van der Waals surface area contributed by atoms with Crippen LogP contribution in [0.15, 0.2) is 54.6 Å². The molecule has 0 aromatic heterocycles. The summed E-state index contributed by atoms with van der Waals surface area (Å²) in [7, 11) is 1.75. The molecule has 2 aromatic rings. The van der Waals surface area contributed by atoms with Gasteiger partial charge >= 0.3 is 12.1 Å². The van der Waals surface area contributed by atoms with E-state index in [4.69, 9.17) is 4.74 Å². The number of anilines is 1. The van der Waals surface area contributed by atoms with E-state index >= 15 is 0 Å². The number of carbonyl (C=O) groups is 2. The van der Waals surface area contributed by atoms with Gasteiger partial charge in [-0.1, -0.05) is 42.5 Å². The van der Waals surface area contributed by atoms with E-state index in [0.29, 0.717) is 13.1 Å². The van der Waals surface area contributed by atoms with Crippen molar-refractivity contribution in [3.8, 4) is 11.1 Å². The van der Waals surface area contributed by atoms with Crippen LogP contribution in [0.25, 0.3) is 11.1 Å². The van der Waals surface area contributed by atoms with E-state index in [0.717, 1.165) is 36.2 Å². The first-order chi connectivity index (χ1) is 14.7. The number of ether oxygens (including phenoxy) is 1. The fourth-order valence-corrected chi connectivity index (χ4v) is 3.78. The van der Waals surface area contributed by atoms with Crippen molar-refractivity contribution >= 4 is 17.8 Å². The number of piperidine rings is 1. The Morgan fingerprint density at radius 3 is 2.35 bits per heavy atom. The molecule has 1 N–H and O–H groups in total. The molecule has 0 spiro atoms. The van der Waals surface area contributed by atoms with E-state index in [9.17, 15) is 9.59 Å². The number of nitrogens with one attached hydrogen (secondary N) is 1. The van der Waals surface area contributed by atoms with Gasteiger partial charge in [-0.15, -0.1) is 0 Å². The van der Waals surface area contributed by atoms with Gasteiger partial charge in [0.2, 0.25) is 0 Å². The first-order valence-corrected chi connectivity index (χ1v) is 10.9. The lowest BCUT2D eigenvalue weighted by atomic mass is 9.98. The summed E-state index contributed by atoms with van der Waals surface area (Å²) in [5.41, 5.74) is 2.52. The summed E-state index contributed by atoms with van der Waals surface area (Å²) < 4.78 is 5.43. The second-order valence-corrected chi connectivity index (χ2v) is 9.19.